The van der Waals surface area contributed by atoms with Gasteiger partial charge in [-0.05, 0) is 31.5 Å². The predicted octanol–water partition coefficient (Wildman–Crippen LogP) is 3.90. The summed E-state index contributed by atoms with van der Waals surface area (Å²) in [7, 11) is 0. The smallest absolute Gasteiger partial charge is 0.123 e. The molecule has 2 atom stereocenters. The summed E-state index contributed by atoms with van der Waals surface area (Å²) in [5.74, 6) is 0.900. The standard InChI is InChI=1S/C14H22BrNO/c1-9-6-7-11(15)8-12(9)17-13(10(2)16)14(3,4)5/h6-8,10,13H,16H2,1-5H3. The van der Waals surface area contributed by atoms with E-state index in [4.69, 9.17) is 10.5 Å². The molecule has 0 heterocycles. The minimum absolute atomic E-state index is 0.00417. The van der Waals surface area contributed by atoms with Gasteiger partial charge in [0, 0.05) is 15.9 Å². The number of nitrogens with two attached hydrogens (primary N) is 1. The first-order valence-corrected chi connectivity index (χ1v) is 6.69. The van der Waals surface area contributed by atoms with Gasteiger partial charge in [0.25, 0.3) is 0 Å². The molecule has 0 fully saturated rings. The lowest BCUT2D eigenvalue weighted by atomic mass is 9.85. The summed E-state index contributed by atoms with van der Waals surface area (Å²) in [6, 6.07) is 6.05. The molecule has 1 rings (SSSR count). The second-order valence-electron chi connectivity index (χ2n) is 5.67. The van der Waals surface area contributed by atoms with Gasteiger partial charge in [-0.15, -0.1) is 0 Å². The van der Waals surface area contributed by atoms with Crippen LogP contribution in [-0.2, 0) is 0 Å². The molecular weight excluding hydrogens is 278 g/mol. The van der Waals surface area contributed by atoms with Crippen molar-refractivity contribution in [3.63, 3.8) is 0 Å². The van der Waals surface area contributed by atoms with Crippen LogP contribution in [0.2, 0.25) is 0 Å². The minimum Gasteiger partial charge on any atom is -0.488 e. The van der Waals surface area contributed by atoms with E-state index in [9.17, 15) is 0 Å². The van der Waals surface area contributed by atoms with E-state index in [1.165, 1.54) is 0 Å². The Hall–Kier alpha value is -0.540. The molecule has 0 spiro atoms. The molecule has 1 aromatic carbocycles. The molecule has 0 saturated carbocycles. The molecule has 0 saturated heterocycles. The second kappa shape index (κ2) is 5.40. The Morgan fingerprint density at radius 3 is 2.35 bits per heavy atom. The third kappa shape index (κ3) is 4.00. The fourth-order valence-electron chi connectivity index (χ4n) is 1.91. The summed E-state index contributed by atoms with van der Waals surface area (Å²) in [4.78, 5) is 0. The van der Waals surface area contributed by atoms with Gasteiger partial charge in [0.1, 0.15) is 11.9 Å². The van der Waals surface area contributed by atoms with Crippen LogP contribution in [-0.4, -0.2) is 12.1 Å². The predicted molar refractivity (Wildman–Crippen MR) is 76.4 cm³/mol. The quantitative estimate of drug-likeness (QED) is 0.919. The Bertz CT molecular complexity index is 382. The lowest BCUT2D eigenvalue weighted by molar-refractivity contribution is 0.0677. The van der Waals surface area contributed by atoms with Crippen molar-refractivity contribution in [1.29, 1.82) is 0 Å². The number of rotatable bonds is 3. The van der Waals surface area contributed by atoms with E-state index in [-0.39, 0.29) is 17.6 Å². The topological polar surface area (TPSA) is 35.2 Å². The Morgan fingerprint density at radius 1 is 1.29 bits per heavy atom. The van der Waals surface area contributed by atoms with Gasteiger partial charge < -0.3 is 10.5 Å². The van der Waals surface area contributed by atoms with E-state index in [0.29, 0.717) is 0 Å². The second-order valence-corrected chi connectivity index (χ2v) is 6.59. The van der Waals surface area contributed by atoms with Crippen LogP contribution in [0.4, 0.5) is 0 Å². The van der Waals surface area contributed by atoms with Crippen molar-refractivity contribution in [2.24, 2.45) is 11.1 Å². The van der Waals surface area contributed by atoms with Gasteiger partial charge in [-0.2, -0.15) is 0 Å². The number of hydrogen-bond donors (Lipinski definition) is 1. The van der Waals surface area contributed by atoms with Crippen molar-refractivity contribution >= 4 is 15.9 Å². The summed E-state index contributed by atoms with van der Waals surface area (Å²) < 4.78 is 7.12. The van der Waals surface area contributed by atoms with Gasteiger partial charge in [0.2, 0.25) is 0 Å². The summed E-state index contributed by atoms with van der Waals surface area (Å²) in [5.41, 5.74) is 7.17. The third-order valence-electron chi connectivity index (χ3n) is 2.74. The molecule has 96 valence electrons. The van der Waals surface area contributed by atoms with E-state index in [1.807, 2.05) is 32.0 Å². The van der Waals surface area contributed by atoms with Crippen LogP contribution in [0.25, 0.3) is 0 Å². The van der Waals surface area contributed by atoms with E-state index < -0.39 is 0 Å². The first kappa shape index (κ1) is 14.5. The largest absolute Gasteiger partial charge is 0.488 e. The van der Waals surface area contributed by atoms with Crippen molar-refractivity contribution in [2.75, 3.05) is 0 Å². The summed E-state index contributed by atoms with van der Waals surface area (Å²) in [5, 5.41) is 0. The van der Waals surface area contributed by atoms with E-state index >= 15 is 0 Å². The number of halogens is 1. The van der Waals surface area contributed by atoms with Crippen LogP contribution in [0.3, 0.4) is 0 Å². The third-order valence-corrected chi connectivity index (χ3v) is 3.23. The first-order valence-electron chi connectivity index (χ1n) is 5.90. The van der Waals surface area contributed by atoms with Crippen LogP contribution in [0.5, 0.6) is 5.75 Å². The monoisotopic (exact) mass is 299 g/mol. The molecule has 0 aliphatic heterocycles. The molecule has 3 heteroatoms. The van der Waals surface area contributed by atoms with Crippen LogP contribution in [0.15, 0.2) is 22.7 Å². The van der Waals surface area contributed by atoms with Gasteiger partial charge in [0.05, 0.1) is 0 Å². The summed E-state index contributed by atoms with van der Waals surface area (Å²) >= 11 is 3.46. The Labute approximate surface area is 113 Å². The lowest BCUT2D eigenvalue weighted by Gasteiger charge is -2.34. The molecule has 2 nitrogen and oxygen atoms in total. The van der Waals surface area contributed by atoms with Crippen LogP contribution in [0.1, 0.15) is 33.3 Å². The lowest BCUT2D eigenvalue weighted by Crippen LogP contribution is -2.45. The molecule has 0 bridgehead atoms. The van der Waals surface area contributed by atoms with Gasteiger partial charge in [0.15, 0.2) is 0 Å². The van der Waals surface area contributed by atoms with Crippen LogP contribution >= 0.6 is 15.9 Å². The highest BCUT2D eigenvalue weighted by molar-refractivity contribution is 9.10. The zero-order chi connectivity index (χ0) is 13.2. The number of ether oxygens (including phenoxy) is 1. The molecule has 17 heavy (non-hydrogen) atoms. The summed E-state index contributed by atoms with van der Waals surface area (Å²) in [6.07, 6.45) is -0.00417. The highest BCUT2D eigenvalue weighted by atomic mass is 79.9. The highest BCUT2D eigenvalue weighted by Gasteiger charge is 2.30. The SMILES string of the molecule is Cc1ccc(Br)cc1OC(C(C)N)C(C)(C)C. The number of benzene rings is 1. The maximum atomic E-state index is 6.10. The Kier molecular flexibility index (Phi) is 4.62. The average molecular weight is 300 g/mol. The van der Waals surface area contributed by atoms with Crippen molar-refractivity contribution in [2.45, 2.75) is 46.8 Å². The molecule has 0 radical (unpaired) electrons. The first-order chi connectivity index (χ1) is 7.71. The number of hydrogen-bond acceptors (Lipinski definition) is 2. The van der Waals surface area contributed by atoms with Gasteiger partial charge in [-0.1, -0.05) is 42.8 Å². The molecule has 0 aliphatic rings. The average Bonchev–Trinajstić information content (AvgIpc) is 2.17. The maximum absolute atomic E-state index is 6.10. The van der Waals surface area contributed by atoms with Gasteiger partial charge >= 0.3 is 0 Å². The Morgan fingerprint density at radius 2 is 1.88 bits per heavy atom. The zero-order valence-corrected chi connectivity index (χ0v) is 12.8. The van der Waals surface area contributed by atoms with Crippen LogP contribution < -0.4 is 10.5 Å². The molecule has 2 N–H and O–H groups in total. The molecule has 0 amide bonds. The van der Waals surface area contributed by atoms with Gasteiger partial charge in [-0.3, -0.25) is 0 Å². The molecule has 0 aromatic heterocycles. The normalized spacial score (nSPS) is 15.5. The Balaban J connectivity index is 2.98. The van der Waals surface area contributed by atoms with E-state index in [0.717, 1.165) is 15.8 Å². The maximum Gasteiger partial charge on any atom is 0.123 e. The van der Waals surface area contributed by atoms with Crippen molar-refractivity contribution in [1.82, 2.24) is 0 Å². The van der Waals surface area contributed by atoms with Crippen molar-refractivity contribution in [3.8, 4) is 5.75 Å². The fourth-order valence-corrected chi connectivity index (χ4v) is 2.25. The summed E-state index contributed by atoms with van der Waals surface area (Å²) in [6.45, 7) is 10.5. The number of aryl methyl sites for hydroxylation is 1. The zero-order valence-electron chi connectivity index (χ0n) is 11.3. The fraction of sp³-hybridized carbons (Fsp3) is 0.571. The molecule has 0 aliphatic carbocycles. The van der Waals surface area contributed by atoms with Crippen LogP contribution in [0, 0.1) is 12.3 Å². The van der Waals surface area contributed by atoms with Crippen molar-refractivity contribution < 1.29 is 4.74 Å². The molecular formula is C14H22BrNO. The van der Waals surface area contributed by atoms with Crippen molar-refractivity contribution in [3.05, 3.63) is 28.2 Å². The van der Waals surface area contributed by atoms with E-state index in [1.54, 1.807) is 0 Å². The minimum atomic E-state index is -0.00613. The highest BCUT2D eigenvalue weighted by Crippen LogP contribution is 2.30. The van der Waals surface area contributed by atoms with E-state index in [2.05, 4.69) is 36.7 Å². The van der Waals surface area contributed by atoms with Gasteiger partial charge in [-0.25, -0.2) is 0 Å². The molecule has 1 aromatic rings. The molecule has 2 unspecified atom stereocenters.